The number of rotatable bonds is 8. The number of aromatic nitrogens is 1. The first-order valence-electron chi connectivity index (χ1n) is 9.95. The molecule has 0 spiro atoms. The molecule has 1 saturated heterocycles. The number of halogens is 1. The molecular weight excluding hydrogens is 479 g/mol. The third-order valence-electron chi connectivity index (χ3n) is 4.72. The molecule has 1 atom stereocenters. The summed E-state index contributed by atoms with van der Waals surface area (Å²) in [5.41, 5.74) is 2.07. The fraction of sp³-hybridized carbons (Fsp3) is 0.455. The average molecular weight is 510 g/mol. The quantitative estimate of drug-likeness (QED) is 0.321. The molecule has 0 amide bonds. The van der Waals surface area contributed by atoms with Crippen LogP contribution in [0, 0.1) is 0 Å². The molecule has 1 unspecified atom stereocenters. The van der Waals surface area contributed by atoms with Crippen LogP contribution in [0.3, 0.4) is 0 Å². The second-order valence-corrected chi connectivity index (χ2v) is 7.23. The molecule has 1 aliphatic rings. The van der Waals surface area contributed by atoms with E-state index >= 15 is 0 Å². The first-order valence-corrected chi connectivity index (χ1v) is 9.95. The van der Waals surface area contributed by atoms with Crippen molar-refractivity contribution in [3.63, 3.8) is 0 Å². The van der Waals surface area contributed by atoms with Crippen molar-refractivity contribution in [1.29, 1.82) is 0 Å². The molecular formula is C22H31IN4O2. The number of pyridine rings is 1. The number of benzene rings is 1. The van der Waals surface area contributed by atoms with Gasteiger partial charge in [0, 0.05) is 32.0 Å². The second kappa shape index (κ2) is 12.0. The fourth-order valence-corrected chi connectivity index (χ4v) is 3.12. The third-order valence-corrected chi connectivity index (χ3v) is 4.72. The van der Waals surface area contributed by atoms with Crippen LogP contribution in [0.2, 0.25) is 0 Å². The Balaban J connectivity index is 0.00000300. The molecule has 2 N–H and O–H groups in total. The van der Waals surface area contributed by atoms with Crippen molar-refractivity contribution in [2.24, 2.45) is 4.99 Å². The highest BCUT2D eigenvalue weighted by Crippen LogP contribution is 2.23. The topological polar surface area (TPSA) is 67.8 Å². The van der Waals surface area contributed by atoms with Gasteiger partial charge in [0.05, 0.1) is 12.1 Å². The van der Waals surface area contributed by atoms with Crippen molar-refractivity contribution in [1.82, 2.24) is 15.6 Å². The van der Waals surface area contributed by atoms with Crippen molar-refractivity contribution in [2.45, 2.75) is 45.4 Å². The first-order chi connectivity index (χ1) is 13.7. The van der Waals surface area contributed by atoms with Crippen molar-refractivity contribution in [2.75, 3.05) is 19.7 Å². The Hall–Kier alpha value is -1.87. The van der Waals surface area contributed by atoms with E-state index in [0.717, 1.165) is 49.6 Å². The van der Waals surface area contributed by atoms with Gasteiger partial charge < -0.3 is 20.1 Å². The van der Waals surface area contributed by atoms with E-state index in [9.17, 15) is 0 Å². The minimum absolute atomic E-state index is 0. The van der Waals surface area contributed by atoms with Crippen LogP contribution >= 0.6 is 24.0 Å². The summed E-state index contributed by atoms with van der Waals surface area (Å²) in [6.07, 6.45) is 3.96. The lowest BCUT2D eigenvalue weighted by Crippen LogP contribution is -2.45. The molecule has 29 heavy (non-hydrogen) atoms. The zero-order valence-corrected chi connectivity index (χ0v) is 19.5. The van der Waals surface area contributed by atoms with Gasteiger partial charge >= 0.3 is 0 Å². The van der Waals surface area contributed by atoms with Crippen molar-refractivity contribution < 1.29 is 9.47 Å². The molecule has 2 heterocycles. The fourth-order valence-electron chi connectivity index (χ4n) is 3.12. The highest BCUT2D eigenvalue weighted by molar-refractivity contribution is 14.0. The largest absolute Gasteiger partial charge is 0.473 e. The Morgan fingerprint density at radius 1 is 1.21 bits per heavy atom. The van der Waals surface area contributed by atoms with E-state index in [4.69, 9.17) is 14.5 Å². The molecule has 0 saturated carbocycles. The van der Waals surface area contributed by atoms with Crippen LogP contribution in [0.25, 0.3) is 0 Å². The lowest BCUT2D eigenvalue weighted by atomic mass is 10.0. The van der Waals surface area contributed by atoms with Gasteiger partial charge in [-0.2, -0.15) is 0 Å². The number of hydrogen-bond acceptors (Lipinski definition) is 4. The number of aliphatic imine (C=N–C) groups is 1. The molecule has 6 nitrogen and oxygen atoms in total. The standard InChI is InChI=1S/C22H30N4O2.HI/c1-3-23-21(26-17-22(2)11-7-13-28-22)25-15-19-10-12-24-20(14-19)27-16-18-8-5-4-6-9-18;/h4-6,8-10,12,14H,3,7,11,13,15-17H2,1-2H3,(H2,23,25,26);1H. The van der Waals surface area contributed by atoms with E-state index in [1.165, 1.54) is 0 Å². The van der Waals surface area contributed by atoms with Crippen LogP contribution in [0.1, 0.15) is 37.8 Å². The molecule has 1 fully saturated rings. The van der Waals surface area contributed by atoms with E-state index in [2.05, 4.69) is 29.5 Å². The summed E-state index contributed by atoms with van der Waals surface area (Å²) in [6, 6.07) is 14.0. The minimum Gasteiger partial charge on any atom is -0.473 e. The SMILES string of the molecule is CCNC(=NCc1ccnc(OCc2ccccc2)c1)NCC1(C)CCCO1.I. The van der Waals surface area contributed by atoms with Gasteiger partial charge in [0.15, 0.2) is 5.96 Å². The summed E-state index contributed by atoms with van der Waals surface area (Å²) in [5.74, 6) is 1.41. The van der Waals surface area contributed by atoms with E-state index in [1.807, 2.05) is 42.5 Å². The Morgan fingerprint density at radius 2 is 2.03 bits per heavy atom. The highest BCUT2D eigenvalue weighted by Gasteiger charge is 2.29. The van der Waals surface area contributed by atoms with Crippen molar-refractivity contribution in [3.05, 3.63) is 59.8 Å². The van der Waals surface area contributed by atoms with Gasteiger partial charge in [0.2, 0.25) is 5.88 Å². The number of nitrogens with one attached hydrogen (secondary N) is 2. The van der Waals surface area contributed by atoms with Crippen molar-refractivity contribution in [3.8, 4) is 5.88 Å². The molecule has 0 radical (unpaired) electrons. The maximum atomic E-state index is 5.84. The van der Waals surface area contributed by atoms with E-state index in [0.29, 0.717) is 19.0 Å². The van der Waals surface area contributed by atoms with Gasteiger partial charge in [-0.1, -0.05) is 30.3 Å². The summed E-state index contributed by atoms with van der Waals surface area (Å²) in [5, 5.41) is 6.69. The highest BCUT2D eigenvalue weighted by atomic mass is 127. The Kier molecular flexibility index (Phi) is 9.66. The van der Waals surface area contributed by atoms with E-state index < -0.39 is 0 Å². The summed E-state index contributed by atoms with van der Waals surface area (Å²) in [6.45, 7) is 7.67. The van der Waals surface area contributed by atoms with Crippen LogP contribution in [0.5, 0.6) is 5.88 Å². The molecule has 158 valence electrons. The molecule has 1 aromatic heterocycles. The van der Waals surface area contributed by atoms with Gasteiger partial charge in [-0.25, -0.2) is 9.98 Å². The number of nitrogens with zero attached hydrogens (tertiary/aromatic N) is 2. The molecule has 2 aromatic rings. The lowest BCUT2D eigenvalue weighted by Gasteiger charge is -2.24. The zero-order chi connectivity index (χ0) is 19.7. The van der Waals surface area contributed by atoms with E-state index in [1.54, 1.807) is 6.20 Å². The third kappa shape index (κ3) is 7.81. The Bertz CT molecular complexity index is 764. The van der Waals surface area contributed by atoms with Gasteiger partial charge in [-0.05, 0) is 43.9 Å². The zero-order valence-electron chi connectivity index (χ0n) is 17.2. The second-order valence-electron chi connectivity index (χ2n) is 7.23. The monoisotopic (exact) mass is 510 g/mol. The van der Waals surface area contributed by atoms with Gasteiger partial charge in [0.25, 0.3) is 0 Å². The maximum Gasteiger partial charge on any atom is 0.213 e. The van der Waals surface area contributed by atoms with Gasteiger partial charge in [-0.15, -0.1) is 24.0 Å². The van der Waals surface area contributed by atoms with Gasteiger partial charge in [-0.3, -0.25) is 0 Å². The predicted octanol–water partition coefficient (Wildman–Crippen LogP) is 3.90. The molecule has 1 aromatic carbocycles. The minimum atomic E-state index is -0.106. The maximum absolute atomic E-state index is 5.84. The molecule has 7 heteroatoms. The first kappa shape index (κ1) is 23.4. The summed E-state index contributed by atoms with van der Waals surface area (Å²) < 4.78 is 11.6. The van der Waals surface area contributed by atoms with Crippen LogP contribution in [-0.4, -0.2) is 36.2 Å². The molecule has 0 bridgehead atoms. The van der Waals surface area contributed by atoms with E-state index in [-0.39, 0.29) is 29.6 Å². The smallest absolute Gasteiger partial charge is 0.213 e. The average Bonchev–Trinajstić information content (AvgIpc) is 3.16. The normalized spacial score (nSPS) is 18.8. The number of ether oxygens (including phenoxy) is 2. The summed E-state index contributed by atoms with van der Waals surface area (Å²) in [7, 11) is 0. The molecule has 1 aliphatic heterocycles. The number of hydrogen-bond donors (Lipinski definition) is 2. The number of guanidine groups is 1. The van der Waals surface area contributed by atoms with Crippen LogP contribution in [0.15, 0.2) is 53.7 Å². The summed E-state index contributed by atoms with van der Waals surface area (Å²) >= 11 is 0. The van der Waals surface area contributed by atoms with Gasteiger partial charge in [0.1, 0.15) is 6.61 Å². The molecule has 3 rings (SSSR count). The van der Waals surface area contributed by atoms with Crippen LogP contribution in [-0.2, 0) is 17.9 Å². The molecule has 0 aliphatic carbocycles. The van der Waals surface area contributed by atoms with Crippen LogP contribution in [0.4, 0.5) is 0 Å². The lowest BCUT2D eigenvalue weighted by molar-refractivity contribution is 0.0243. The summed E-state index contributed by atoms with van der Waals surface area (Å²) in [4.78, 5) is 8.99. The Morgan fingerprint density at radius 3 is 2.76 bits per heavy atom. The van der Waals surface area contributed by atoms with Crippen molar-refractivity contribution >= 4 is 29.9 Å². The van der Waals surface area contributed by atoms with Crippen LogP contribution < -0.4 is 15.4 Å². The predicted molar refractivity (Wildman–Crippen MR) is 127 cm³/mol. The Labute approximate surface area is 190 Å².